The molecule has 112 valence electrons. The van der Waals surface area contributed by atoms with Crippen molar-refractivity contribution in [2.24, 2.45) is 4.99 Å². The van der Waals surface area contributed by atoms with Crippen molar-refractivity contribution in [2.75, 3.05) is 13.2 Å². The standard InChI is InChI=1S/C18H24N2O/c1-13-8-9-14(2)18(12-13)19-10-11-21-16(4)17-7-5-6-15(3)20-17/h5-9,16H,10-12H2,1-4H3. The largest absolute Gasteiger partial charge is 0.370 e. The Hall–Kier alpha value is -1.74. The molecular formula is C18H24N2O. The zero-order chi connectivity index (χ0) is 15.2. The van der Waals surface area contributed by atoms with Crippen LogP contribution in [-0.2, 0) is 4.74 Å². The molecule has 0 bridgehead atoms. The first-order valence-electron chi connectivity index (χ1n) is 7.49. The molecule has 0 saturated carbocycles. The Morgan fingerprint density at radius 1 is 1.24 bits per heavy atom. The van der Waals surface area contributed by atoms with E-state index in [0.29, 0.717) is 13.2 Å². The number of aryl methyl sites for hydroxylation is 1. The molecule has 1 aliphatic carbocycles. The molecule has 1 aromatic heterocycles. The lowest BCUT2D eigenvalue weighted by Gasteiger charge is -2.14. The molecule has 3 nitrogen and oxygen atoms in total. The van der Waals surface area contributed by atoms with Gasteiger partial charge in [0.15, 0.2) is 0 Å². The summed E-state index contributed by atoms with van der Waals surface area (Å²) >= 11 is 0. The summed E-state index contributed by atoms with van der Waals surface area (Å²) in [5.74, 6) is 0. The number of pyridine rings is 1. The van der Waals surface area contributed by atoms with Crippen molar-refractivity contribution in [1.82, 2.24) is 4.98 Å². The lowest BCUT2D eigenvalue weighted by molar-refractivity contribution is 0.0690. The fourth-order valence-corrected chi connectivity index (χ4v) is 2.29. The van der Waals surface area contributed by atoms with Crippen LogP contribution in [0.1, 0.15) is 44.7 Å². The van der Waals surface area contributed by atoms with Crippen molar-refractivity contribution < 1.29 is 4.74 Å². The summed E-state index contributed by atoms with van der Waals surface area (Å²) in [6.07, 6.45) is 5.26. The predicted octanol–water partition coefficient (Wildman–Crippen LogP) is 4.20. The van der Waals surface area contributed by atoms with E-state index in [1.807, 2.05) is 32.0 Å². The maximum Gasteiger partial charge on any atom is 0.0967 e. The van der Waals surface area contributed by atoms with E-state index < -0.39 is 0 Å². The fraction of sp³-hybridized carbons (Fsp3) is 0.444. The minimum absolute atomic E-state index is 0.00901. The van der Waals surface area contributed by atoms with Gasteiger partial charge in [-0.2, -0.15) is 0 Å². The lowest BCUT2D eigenvalue weighted by atomic mass is 9.98. The number of rotatable bonds is 5. The van der Waals surface area contributed by atoms with E-state index in [0.717, 1.165) is 17.8 Å². The number of aromatic nitrogens is 1. The number of allylic oxidation sites excluding steroid dienone is 4. The van der Waals surface area contributed by atoms with Gasteiger partial charge in [-0.15, -0.1) is 0 Å². The van der Waals surface area contributed by atoms with Gasteiger partial charge in [-0.05, 0) is 45.4 Å². The minimum atomic E-state index is 0.00901. The Labute approximate surface area is 127 Å². The first kappa shape index (κ1) is 15.6. The molecule has 2 rings (SSSR count). The molecule has 3 heteroatoms. The zero-order valence-corrected chi connectivity index (χ0v) is 13.4. The van der Waals surface area contributed by atoms with E-state index in [-0.39, 0.29) is 6.10 Å². The summed E-state index contributed by atoms with van der Waals surface area (Å²) in [6.45, 7) is 9.60. The van der Waals surface area contributed by atoms with Gasteiger partial charge in [-0.25, -0.2) is 0 Å². The van der Waals surface area contributed by atoms with E-state index >= 15 is 0 Å². The van der Waals surface area contributed by atoms with Crippen LogP contribution in [0.3, 0.4) is 0 Å². The molecule has 0 fully saturated rings. The molecule has 0 radical (unpaired) electrons. The maximum atomic E-state index is 5.83. The lowest BCUT2D eigenvalue weighted by Crippen LogP contribution is -2.10. The molecule has 0 saturated heterocycles. The highest BCUT2D eigenvalue weighted by molar-refractivity contribution is 6.02. The highest BCUT2D eigenvalue weighted by Gasteiger charge is 2.09. The third-order valence-corrected chi connectivity index (χ3v) is 3.61. The van der Waals surface area contributed by atoms with Crippen molar-refractivity contribution in [3.8, 4) is 0 Å². The van der Waals surface area contributed by atoms with E-state index in [2.05, 4.69) is 36.0 Å². The van der Waals surface area contributed by atoms with Crippen LogP contribution in [-0.4, -0.2) is 23.8 Å². The highest BCUT2D eigenvalue weighted by atomic mass is 16.5. The number of ether oxygens (including phenoxy) is 1. The van der Waals surface area contributed by atoms with Crippen LogP contribution >= 0.6 is 0 Å². The summed E-state index contributed by atoms with van der Waals surface area (Å²) in [5.41, 5.74) is 5.80. The summed E-state index contributed by atoms with van der Waals surface area (Å²) in [5, 5.41) is 0. The molecule has 0 aliphatic heterocycles. The molecule has 1 aromatic rings. The predicted molar refractivity (Wildman–Crippen MR) is 87.8 cm³/mol. The summed E-state index contributed by atoms with van der Waals surface area (Å²) in [7, 11) is 0. The monoisotopic (exact) mass is 284 g/mol. The molecule has 0 aromatic carbocycles. The quantitative estimate of drug-likeness (QED) is 0.759. The van der Waals surface area contributed by atoms with Gasteiger partial charge in [0.2, 0.25) is 0 Å². The SMILES string of the molecule is CC1=CC=C(C)C(=NCCOC(C)c2cccc(C)n2)C1. The Kier molecular flexibility index (Phi) is 5.45. The second kappa shape index (κ2) is 7.32. The van der Waals surface area contributed by atoms with E-state index in [9.17, 15) is 0 Å². The van der Waals surface area contributed by atoms with Gasteiger partial charge in [-0.3, -0.25) is 9.98 Å². The molecule has 1 unspecified atom stereocenters. The van der Waals surface area contributed by atoms with Crippen LogP contribution in [0.5, 0.6) is 0 Å². The first-order valence-corrected chi connectivity index (χ1v) is 7.49. The van der Waals surface area contributed by atoms with Gasteiger partial charge in [0.25, 0.3) is 0 Å². The molecule has 0 amide bonds. The molecule has 1 heterocycles. The van der Waals surface area contributed by atoms with Crippen LogP contribution < -0.4 is 0 Å². The number of nitrogens with zero attached hydrogens (tertiary/aromatic N) is 2. The topological polar surface area (TPSA) is 34.5 Å². The van der Waals surface area contributed by atoms with Gasteiger partial charge in [0.05, 0.1) is 24.9 Å². The van der Waals surface area contributed by atoms with E-state index in [1.54, 1.807) is 0 Å². The van der Waals surface area contributed by atoms with E-state index in [1.165, 1.54) is 16.9 Å². The minimum Gasteiger partial charge on any atom is -0.370 e. The zero-order valence-electron chi connectivity index (χ0n) is 13.4. The number of aliphatic imine (C=N–C) groups is 1. The smallest absolute Gasteiger partial charge is 0.0967 e. The van der Waals surface area contributed by atoms with Crippen molar-refractivity contribution in [3.05, 3.63) is 52.9 Å². The van der Waals surface area contributed by atoms with Crippen LogP contribution in [0.25, 0.3) is 0 Å². The molecular weight excluding hydrogens is 260 g/mol. The van der Waals surface area contributed by atoms with Gasteiger partial charge >= 0.3 is 0 Å². The van der Waals surface area contributed by atoms with Crippen LogP contribution in [0.15, 0.2) is 46.5 Å². The van der Waals surface area contributed by atoms with Gasteiger partial charge < -0.3 is 4.74 Å². The third-order valence-electron chi connectivity index (χ3n) is 3.61. The Bertz CT molecular complexity index is 585. The van der Waals surface area contributed by atoms with Gasteiger partial charge in [0.1, 0.15) is 0 Å². The second-order valence-electron chi connectivity index (χ2n) is 5.58. The molecule has 0 N–H and O–H groups in total. The Morgan fingerprint density at radius 3 is 2.81 bits per heavy atom. The Balaban J connectivity index is 1.82. The van der Waals surface area contributed by atoms with E-state index in [4.69, 9.17) is 4.74 Å². The molecule has 0 spiro atoms. The van der Waals surface area contributed by atoms with Crippen molar-refractivity contribution in [1.29, 1.82) is 0 Å². The number of hydrogen-bond acceptors (Lipinski definition) is 3. The van der Waals surface area contributed by atoms with Crippen molar-refractivity contribution >= 4 is 5.71 Å². The van der Waals surface area contributed by atoms with Crippen LogP contribution in [0, 0.1) is 6.92 Å². The maximum absolute atomic E-state index is 5.83. The van der Waals surface area contributed by atoms with Crippen molar-refractivity contribution in [2.45, 2.75) is 40.2 Å². The van der Waals surface area contributed by atoms with Crippen molar-refractivity contribution in [3.63, 3.8) is 0 Å². The Morgan fingerprint density at radius 2 is 2.05 bits per heavy atom. The average molecular weight is 284 g/mol. The summed E-state index contributed by atoms with van der Waals surface area (Å²) < 4.78 is 5.83. The molecule has 1 aliphatic rings. The summed E-state index contributed by atoms with van der Waals surface area (Å²) in [4.78, 5) is 9.15. The normalized spacial score (nSPS) is 18.4. The van der Waals surface area contributed by atoms with Crippen LogP contribution in [0.2, 0.25) is 0 Å². The number of hydrogen-bond donors (Lipinski definition) is 0. The first-order chi connectivity index (χ1) is 10.1. The fourth-order valence-electron chi connectivity index (χ4n) is 2.29. The second-order valence-corrected chi connectivity index (χ2v) is 5.58. The van der Waals surface area contributed by atoms with Gasteiger partial charge in [-0.1, -0.05) is 23.8 Å². The average Bonchev–Trinajstić information content (AvgIpc) is 2.46. The molecule has 21 heavy (non-hydrogen) atoms. The molecule has 1 atom stereocenters. The van der Waals surface area contributed by atoms with Crippen LogP contribution in [0.4, 0.5) is 0 Å². The highest BCUT2D eigenvalue weighted by Crippen LogP contribution is 2.16. The van der Waals surface area contributed by atoms with Gasteiger partial charge in [0, 0.05) is 17.8 Å². The summed E-state index contributed by atoms with van der Waals surface area (Å²) in [6, 6.07) is 6.02. The third kappa shape index (κ3) is 4.64.